The minimum atomic E-state index is 0.605. The molecular formula is C18H27N. The first-order valence-corrected chi connectivity index (χ1v) is 8.23. The van der Waals surface area contributed by atoms with E-state index in [-0.39, 0.29) is 0 Å². The molecule has 0 radical (unpaired) electrons. The van der Waals surface area contributed by atoms with Gasteiger partial charge in [0.2, 0.25) is 0 Å². The van der Waals surface area contributed by atoms with Crippen molar-refractivity contribution in [3.63, 3.8) is 0 Å². The van der Waals surface area contributed by atoms with Gasteiger partial charge in [-0.15, -0.1) is 0 Å². The van der Waals surface area contributed by atoms with Crippen LogP contribution in [0.5, 0.6) is 0 Å². The third-order valence-corrected chi connectivity index (χ3v) is 4.97. The highest BCUT2D eigenvalue weighted by atomic mass is 14.9. The van der Waals surface area contributed by atoms with E-state index in [2.05, 4.69) is 30.4 Å². The Morgan fingerprint density at radius 1 is 1.11 bits per heavy atom. The molecule has 1 unspecified atom stereocenters. The molecule has 1 heteroatoms. The molecule has 19 heavy (non-hydrogen) atoms. The van der Waals surface area contributed by atoms with Gasteiger partial charge in [0.25, 0.3) is 0 Å². The summed E-state index contributed by atoms with van der Waals surface area (Å²) < 4.78 is 0. The number of aryl methyl sites for hydroxylation is 2. The molecule has 1 atom stereocenters. The average molecular weight is 257 g/mol. The molecule has 2 aliphatic carbocycles. The van der Waals surface area contributed by atoms with Gasteiger partial charge in [0.05, 0.1) is 0 Å². The van der Waals surface area contributed by atoms with Gasteiger partial charge < -0.3 is 5.32 Å². The minimum Gasteiger partial charge on any atom is -0.310 e. The van der Waals surface area contributed by atoms with Crippen LogP contribution in [-0.4, -0.2) is 6.54 Å². The van der Waals surface area contributed by atoms with Crippen LogP contribution in [0.25, 0.3) is 0 Å². The van der Waals surface area contributed by atoms with Crippen LogP contribution in [0.15, 0.2) is 18.2 Å². The Hall–Kier alpha value is -0.820. The largest absolute Gasteiger partial charge is 0.310 e. The highest BCUT2D eigenvalue weighted by molar-refractivity contribution is 5.36. The third-order valence-electron chi connectivity index (χ3n) is 4.97. The van der Waals surface area contributed by atoms with E-state index in [9.17, 15) is 0 Å². The van der Waals surface area contributed by atoms with Crippen LogP contribution in [0, 0.1) is 5.92 Å². The number of hydrogen-bond donors (Lipinski definition) is 1. The van der Waals surface area contributed by atoms with Crippen LogP contribution < -0.4 is 5.32 Å². The molecule has 0 saturated heterocycles. The lowest BCUT2D eigenvalue weighted by atomic mass is 9.90. The number of hydrogen-bond acceptors (Lipinski definition) is 1. The molecule has 1 N–H and O–H groups in total. The lowest BCUT2D eigenvalue weighted by Gasteiger charge is -2.26. The molecule has 1 nitrogen and oxygen atoms in total. The number of fused-ring (bicyclic) bond motifs is 1. The van der Waals surface area contributed by atoms with E-state index < -0.39 is 0 Å². The van der Waals surface area contributed by atoms with Crippen molar-refractivity contribution in [3.05, 3.63) is 34.9 Å². The van der Waals surface area contributed by atoms with Crippen LogP contribution in [0.4, 0.5) is 0 Å². The quantitative estimate of drug-likeness (QED) is 0.824. The second-order valence-electron chi connectivity index (χ2n) is 6.36. The molecule has 0 bridgehead atoms. The van der Waals surface area contributed by atoms with Gasteiger partial charge in [0.15, 0.2) is 0 Å². The molecule has 0 heterocycles. The maximum Gasteiger partial charge on any atom is 0.0348 e. The highest BCUT2D eigenvalue weighted by Crippen LogP contribution is 2.37. The minimum absolute atomic E-state index is 0.605. The fraction of sp³-hybridized carbons (Fsp3) is 0.667. The monoisotopic (exact) mass is 257 g/mol. The van der Waals surface area contributed by atoms with Crippen molar-refractivity contribution in [1.29, 1.82) is 0 Å². The molecule has 0 spiro atoms. The predicted molar refractivity (Wildman–Crippen MR) is 81.5 cm³/mol. The first kappa shape index (κ1) is 13.2. The van der Waals surface area contributed by atoms with Crippen LogP contribution in [0.1, 0.15) is 68.2 Å². The van der Waals surface area contributed by atoms with E-state index in [1.165, 1.54) is 51.4 Å². The Balaban J connectivity index is 1.81. The topological polar surface area (TPSA) is 12.0 Å². The zero-order valence-corrected chi connectivity index (χ0v) is 12.3. The van der Waals surface area contributed by atoms with Crippen molar-refractivity contribution in [2.45, 2.75) is 64.3 Å². The molecule has 0 aromatic heterocycles. The SMILES string of the molecule is CCCNC(c1ccc2c(c1)CCC2)C1CCCC1. The molecule has 1 aromatic rings. The molecule has 0 amide bonds. The van der Waals surface area contributed by atoms with Crippen molar-refractivity contribution < 1.29 is 0 Å². The number of benzene rings is 1. The van der Waals surface area contributed by atoms with Gasteiger partial charge in [0, 0.05) is 6.04 Å². The van der Waals surface area contributed by atoms with Crippen molar-refractivity contribution in [3.8, 4) is 0 Å². The van der Waals surface area contributed by atoms with E-state index in [0.29, 0.717) is 6.04 Å². The maximum atomic E-state index is 3.82. The van der Waals surface area contributed by atoms with Crippen molar-refractivity contribution in [1.82, 2.24) is 5.32 Å². The molecule has 1 aromatic carbocycles. The van der Waals surface area contributed by atoms with Crippen LogP contribution in [0.2, 0.25) is 0 Å². The van der Waals surface area contributed by atoms with Gasteiger partial charge in [-0.2, -0.15) is 0 Å². The Morgan fingerprint density at radius 3 is 2.68 bits per heavy atom. The Morgan fingerprint density at radius 2 is 1.89 bits per heavy atom. The molecule has 3 rings (SSSR count). The summed E-state index contributed by atoms with van der Waals surface area (Å²) in [7, 11) is 0. The number of rotatable bonds is 5. The van der Waals surface area contributed by atoms with Crippen molar-refractivity contribution >= 4 is 0 Å². The van der Waals surface area contributed by atoms with E-state index in [0.717, 1.165) is 12.5 Å². The van der Waals surface area contributed by atoms with E-state index >= 15 is 0 Å². The maximum absolute atomic E-state index is 3.82. The summed E-state index contributed by atoms with van der Waals surface area (Å²) in [6.07, 6.45) is 10.9. The predicted octanol–water partition coefficient (Wildman–Crippen LogP) is 4.41. The van der Waals surface area contributed by atoms with Gasteiger partial charge in [0.1, 0.15) is 0 Å². The summed E-state index contributed by atoms with van der Waals surface area (Å²) in [5.74, 6) is 0.867. The molecular weight excluding hydrogens is 230 g/mol. The lowest BCUT2D eigenvalue weighted by molar-refractivity contribution is 0.368. The number of nitrogens with one attached hydrogen (secondary N) is 1. The molecule has 1 saturated carbocycles. The molecule has 2 aliphatic rings. The highest BCUT2D eigenvalue weighted by Gasteiger charge is 2.26. The smallest absolute Gasteiger partial charge is 0.0348 e. The normalized spacial score (nSPS) is 20.7. The van der Waals surface area contributed by atoms with E-state index in [4.69, 9.17) is 0 Å². The molecule has 104 valence electrons. The van der Waals surface area contributed by atoms with Gasteiger partial charge >= 0.3 is 0 Å². The van der Waals surface area contributed by atoms with Crippen LogP contribution >= 0.6 is 0 Å². The van der Waals surface area contributed by atoms with Gasteiger partial charge in [-0.3, -0.25) is 0 Å². The summed E-state index contributed by atoms with van der Waals surface area (Å²) in [5.41, 5.74) is 4.78. The fourth-order valence-electron chi connectivity index (χ4n) is 3.93. The standard InChI is InChI=1S/C18H27N/c1-2-12-19-18(15-6-3-4-7-15)17-11-10-14-8-5-9-16(14)13-17/h10-11,13,15,18-19H,2-9,12H2,1H3. The summed E-state index contributed by atoms with van der Waals surface area (Å²) in [6, 6.07) is 7.91. The van der Waals surface area contributed by atoms with Crippen molar-refractivity contribution in [2.75, 3.05) is 6.54 Å². The van der Waals surface area contributed by atoms with Gasteiger partial charge in [-0.25, -0.2) is 0 Å². The van der Waals surface area contributed by atoms with E-state index in [1.54, 1.807) is 16.7 Å². The first-order chi connectivity index (χ1) is 9.38. The molecule has 0 aliphatic heterocycles. The summed E-state index contributed by atoms with van der Waals surface area (Å²) in [6.45, 7) is 3.42. The average Bonchev–Trinajstić information content (AvgIpc) is 3.09. The second-order valence-corrected chi connectivity index (χ2v) is 6.36. The van der Waals surface area contributed by atoms with Crippen LogP contribution in [-0.2, 0) is 12.8 Å². The van der Waals surface area contributed by atoms with E-state index in [1.807, 2.05) is 0 Å². The zero-order chi connectivity index (χ0) is 13.1. The third kappa shape index (κ3) is 2.86. The van der Waals surface area contributed by atoms with Crippen LogP contribution in [0.3, 0.4) is 0 Å². The lowest BCUT2D eigenvalue weighted by Crippen LogP contribution is -2.28. The summed E-state index contributed by atoms with van der Waals surface area (Å²) in [5, 5.41) is 3.82. The Kier molecular flexibility index (Phi) is 4.22. The summed E-state index contributed by atoms with van der Waals surface area (Å²) >= 11 is 0. The first-order valence-electron chi connectivity index (χ1n) is 8.23. The second kappa shape index (κ2) is 6.09. The summed E-state index contributed by atoms with van der Waals surface area (Å²) in [4.78, 5) is 0. The van der Waals surface area contributed by atoms with Gasteiger partial charge in [-0.05, 0) is 67.7 Å². The van der Waals surface area contributed by atoms with Crippen molar-refractivity contribution in [2.24, 2.45) is 5.92 Å². The Bertz CT molecular complexity index is 418. The molecule has 1 fully saturated rings. The Labute approximate surface area is 117 Å². The van der Waals surface area contributed by atoms with Gasteiger partial charge in [-0.1, -0.05) is 38.0 Å². The fourth-order valence-corrected chi connectivity index (χ4v) is 3.93. The zero-order valence-electron chi connectivity index (χ0n) is 12.3.